The highest BCUT2D eigenvalue weighted by Gasteiger charge is 2.45. The summed E-state index contributed by atoms with van der Waals surface area (Å²) in [5.74, 6) is -1.93. The molecule has 164 valence electrons. The van der Waals surface area contributed by atoms with Gasteiger partial charge in [0.1, 0.15) is 12.1 Å². The van der Waals surface area contributed by atoms with Crippen LogP contribution in [0, 0.1) is 5.92 Å². The average Bonchev–Trinajstić information content (AvgIpc) is 2.75. The van der Waals surface area contributed by atoms with Crippen molar-refractivity contribution in [3.05, 3.63) is 35.9 Å². The van der Waals surface area contributed by atoms with E-state index in [1.165, 1.54) is 0 Å². The SMILES string of the molecule is CC(N[C@@H](CCc1ccccc1)C(=O)O)C(=O)N1C2CCCCC2CC[C@H]1C(=O)O. The minimum Gasteiger partial charge on any atom is -0.480 e. The number of fused-ring (bicyclic) bond motifs is 1. The minimum absolute atomic E-state index is 0.0575. The van der Waals surface area contributed by atoms with E-state index in [-0.39, 0.29) is 11.9 Å². The maximum atomic E-state index is 13.3. The van der Waals surface area contributed by atoms with Gasteiger partial charge in [0.25, 0.3) is 0 Å². The molecule has 0 aromatic heterocycles. The van der Waals surface area contributed by atoms with Crippen LogP contribution in [0.2, 0.25) is 0 Å². The Labute approximate surface area is 177 Å². The van der Waals surface area contributed by atoms with E-state index in [2.05, 4.69) is 5.32 Å². The van der Waals surface area contributed by atoms with Crippen molar-refractivity contribution in [1.82, 2.24) is 10.2 Å². The van der Waals surface area contributed by atoms with Gasteiger partial charge in [-0.15, -0.1) is 0 Å². The monoisotopic (exact) mass is 416 g/mol. The van der Waals surface area contributed by atoms with Gasteiger partial charge in [-0.25, -0.2) is 4.79 Å². The molecule has 1 aliphatic carbocycles. The molecule has 1 saturated carbocycles. The highest BCUT2D eigenvalue weighted by Crippen LogP contribution is 2.38. The molecule has 3 rings (SSSR count). The first-order chi connectivity index (χ1) is 14.4. The Bertz CT molecular complexity index is 753. The standard InChI is InChI=1S/C23H32N2O5/c1-15(24-18(22(27)28)13-11-16-7-3-2-4-8-16)21(26)25-19-10-6-5-9-17(19)12-14-20(25)23(29)30/h2-4,7-8,15,17-20,24H,5-6,9-14H2,1H3,(H,27,28)(H,29,30)/t15?,17?,18-,19?,20-/m0/s1. The minimum atomic E-state index is -1.01. The van der Waals surface area contributed by atoms with Crippen molar-refractivity contribution < 1.29 is 24.6 Å². The number of carbonyl (C=O) groups excluding carboxylic acids is 1. The van der Waals surface area contributed by atoms with Crippen LogP contribution in [0.4, 0.5) is 0 Å². The number of aliphatic carboxylic acids is 2. The summed E-state index contributed by atoms with van der Waals surface area (Å²) in [6.45, 7) is 1.64. The molecular formula is C23H32N2O5. The molecule has 5 atom stereocenters. The summed E-state index contributed by atoms with van der Waals surface area (Å²) in [5, 5.41) is 22.3. The van der Waals surface area contributed by atoms with E-state index in [0.29, 0.717) is 25.2 Å². The van der Waals surface area contributed by atoms with Crippen molar-refractivity contribution in [3.63, 3.8) is 0 Å². The zero-order valence-corrected chi connectivity index (χ0v) is 17.5. The Hall–Kier alpha value is -2.41. The molecule has 1 heterocycles. The molecular weight excluding hydrogens is 384 g/mol. The second kappa shape index (κ2) is 10.1. The van der Waals surface area contributed by atoms with Gasteiger partial charge in [-0.3, -0.25) is 14.9 Å². The Balaban J connectivity index is 1.69. The molecule has 7 nitrogen and oxygen atoms in total. The van der Waals surface area contributed by atoms with Crippen molar-refractivity contribution in [2.45, 2.75) is 82.5 Å². The molecule has 1 aromatic carbocycles. The number of carboxylic acids is 2. The van der Waals surface area contributed by atoms with E-state index in [1.54, 1.807) is 11.8 Å². The molecule has 30 heavy (non-hydrogen) atoms. The number of nitrogens with zero attached hydrogens (tertiary/aromatic N) is 1. The number of amides is 1. The molecule has 2 aliphatic rings. The summed E-state index contributed by atoms with van der Waals surface area (Å²) >= 11 is 0. The molecule has 7 heteroatoms. The van der Waals surface area contributed by atoms with Crippen LogP contribution in [0.15, 0.2) is 30.3 Å². The fourth-order valence-corrected chi connectivity index (χ4v) is 5.02. The number of hydrogen-bond acceptors (Lipinski definition) is 4. The third-order valence-electron chi connectivity index (χ3n) is 6.60. The molecule has 3 N–H and O–H groups in total. The molecule has 3 unspecified atom stereocenters. The van der Waals surface area contributed by atoms with Crippen molar-refractivity contribution in [2.75, 3.05) is 0 Å². The van der Waals surface area contributed by atoms with Gasteiger partial charge in [0.05, 0.1) is 6.04 Å². The third-order valence-corrected chi connectivity index (χ3v) is 6.60. The van der Waals surface area contributed by atoms with Crippen molar-refractivity contribution in [1.29, 1.82) is 0 Å². The molecule has 1 saturated heterocycles. The maximum absolute atomic E-state index is 13.3. The highest BCUT2D eigenvalue weighted by molar-refractivity contribution is 5.88. The lowest BCUT2D eigenvalue weighted by Crippen LogP contribution is -2.62. The van der Waals surface area contributed by atoms with Crippen LogP contribution in [0.5, 0.6) is 0 Å². The van der Waals surface area contributed by atoms with Gasteiger partial charge in [-0.1, -0.05) is 43.2 Å². The molecule has 2 fully saturated rings. The number of carboxylic acid groups (broad SMARTS) is 2. The summed E-state index contributed by atoms with van der Waals surface area (Å²) in [5.41, 5.74) is 1.04. The lowest BCUT2D eigenvalue weighted by molar-refractivity contribution is -0.159. The first-order valence-electron chi connectivity index (χ1n) is 11.0. The van der Waals surface area contributed by atoms with Gasteiger partial charge in [0, 0.05) is 6.04 Å². The van der Waals surface area contributed by atoms with Gasteiger partial charge in [0.2, 0.25) is 5.91 Å². The van der Waals surface area contributed by atoms with Crippen LogP contribution >= 0.6 is 0 Å². The quantitative estimate of drug-likeness (QED) is 0.602. The third kappa shape index (κ3) is 5.19. The number of nitrogens with one attached hydrogen (secondary N) is 1. The van der Waals surface area contributed by atoms with Gasteiger partial charge in [0.15, 0.2) is 0 Å². The Kier molecular flexibility index (Phi) is 7.48. The van der Waals surface area contributed by atoms with Gasteiger partial charge in [-0.2, -0.15) is 0 Å². The largest absolute Gasteiger partial charge is 0.480 e. The predicted molar refractivity (Wildman–Crippen MR) is 112 cm³/mol. The topological polar surface area (TPSA) is 107 Å². The van der Waals surface area contributed by atoms with Crippen molar-refractivity contribution in [3.8, 4) is 0 Å². The first-order valence-corrected chi connectivity index (χ1v) is 11.0. The summed E-state index contributed by atoms with van der Waals surface area (Å²) in [4.78, 5) is 38.5. The van der Waals surface area contributed by atoms with Gasteiger partial charge < -0.3 is 15.1 Å². The van der Waals surface area contributed by atoms with E-state index < -0.39 is 30.1 Å². The summed E-state index contributed by atoms with van der Waals surface area (Å²) in [7, 11) is 0. The van der Waals surface area contributed by atoms with Crippen LogP contribution in [0.3, 0.4) is 0 Å². The van der Waals surface area contributed by atoms with E-state index >= 15 is 0 Å². The maximum Gasteiger partial charge on any atom is 0.326 e. The van der Waals surface area contributed by atoms with E-state index in [0.717, 1.165) is 37.7 Å². The first kappa shape index (κ1) is 22.3. The fraction of sp³-hybridized carbons (Fsp3) is 0.609. The molecule has 0 radical (unpaired) electrons. The average molecular weight is 417 g/mol. The summed E-state index contributed by atoms with van der Waals surface area (Å²) in [6, 6.07) is 7.11. The number of rotatable bonds is 8. The van der Waals surface area contributed by atoms with Crippen molar-refractivity contribution in [2.24, 2.45) is 5.92 Å². The van der Waals surface area contributed by atoms with Gasteiger partial charge >= 0.3 is 11.9 Å². The molecule has 0 spiro atoms. The van der Waals surface area contributed by atoms with Crippen LogP contribution < -0.4 is 5.32 Å². The summed E-state index contributed by atoms with van der Waals surface area (Å²) < 4.78 is 0. The zero-order chi connectivity index (χ0) is 21.7. The second-order valence-electron chi connectivity index (χ2n) is 8.59. The number of piperidine rings is 1. The number of hydrogen-bond donors (Lipinski definition) is 3. The molecule has 0 bridgehead atoms. The fourth-order valence-electron chi connectivity index (χ4n) is 5.02. The van der Waals surface area contributed by atoms with E-state index in [4.69, 9.17) is 0 Å². The van der Waals surface area contributed by atoms with Crippen LogP contribution in [-0.4, -0.2) is 57.1 Å². The lowest BCUT2D eigenvalue weighted by Gasteiger charge is -2.48. The van der Waals surface area contributed by atoms with Gasteiger partial charge in [-0.05, 0) is 56.9 Å². The molecule has 1 aliphatic heterocycles. The molecule has 1 aromatic rings. The number of likely N-dealkylation sites (tertiary alicyclic amines) is 1. The highest BCUT2D eigenvalue weighted by atomic mass is 16.4. The lowest BCUT2D eigenvalue weighted by atomic mass is 9.76. The second-order valence-corrected chi connectivity index (χ2v) is 8.59. The van der Waals surface area contributed by atoms with Crippen LogP contribution in [0.25, 0.3) is 0 Å². The normalized spacial score (nSPS) is 25.8. The number of benzene rings is 1. The number of carbonyl (C=O) groups is 3. The van der Waals surface area contributed by atoms with E-state index in [1.807, 2.05) is 30.3 Å². The predicted octanol–water partition coefficient (Wildman–Crippen LogP) is 2.68. The Morgan fingerprint density at radius 1 is 1.07 bits per heavy atom. The zero-order valence-electron chi connectivity index (χ0n) is 17.5. The Morgan fingerprint density at radius 3 is 2.43 bits per heavy atom. The van der Waals surface area contributed by atoms with Crippen LogP contribution in [-0.2, 0) is 20.8 Å². The van der Waals surface area contributed by atoms with Crippen LogP contribution in [0.1, 0.15) is 57.4 Å². The number of aryl methyl sites for hydroxylation is 1. The Morgan fingerprint density at radius 2 is 1.77 bits per heavy atom. The van der Waals surface area contributed by atoms with Crippen molar-refractivity contribution >= 4 is 17.8 Å². The van der Waals surface area contributed by atoms with E-state index in [9.17, 15) is 24.6 Å². The summed E-state index contributed by atoms with van der Waals surface area (Å²) in [6.07, 6.45) is 6.20. The molecule has 1 amide bonds. The smallest absolute Gasteiger partial charge is 0.326 e.